The first-order valence-electron chi connectivity index (χ1n) is 8.73. The van der Waals surface area contributed by atoms with Crippen molar-refractivity contribution in [1.29, 1.82) is 0 Å². The molecule has 0 fully saturated rings. The maximum atomic E-state index is 12.6. The van der Waals surface area contributed by atoms with Crippen molar-refractivity contribution >= 4 is 5.97 Å². The molecule has 2 heteroatoms. The molecule has 0 heterocycles. The molecular formula is C21H34O2. The monoisotopic (exact) mass is 318 g/mol. The number of esters is 1. The van der Waals surface area contributed by atoms with Crippen LogP contribution in [-0.4, -0.2) is 5.97 Å². The van der Waals surface area contributed by atoms with Gasteiger partial charge in [-0.3, -0.25) is 4.79 Å². The van der Waals surface area contributed by atoms with Gasteiger partial charge in [0.25, 0.3) is 0 Å². The highest BCUT2D eigenvalue weighted by Crippen LogP contribution is 2.36. The number of carbonyl (C=O) groups is 1. The average Bonchev–Trinajstić information content (AvgIpc) is 2.43. The third-order valence-electron chi connectivity index (χ3n) is 4.76. The Hall–Kier alpha value is -1.31. The summed E-state index contributed by atoms with van der Waals surface area (Å²) < 4.78 is 5.64. The SMILES string of the molecule is CC(C)CC(C)(C(=O)OCc1ccc(C(C)(C)C)cc1)C(C)C. The Bertz CT molecular complexity index is 506. The Balaban J connectivity index is 2.74. The predicted molar refractivity (Wildman–Crippen MR) is 97.3 cm³/mol. The van der Waals surface area contributed by atoms with Crippen LogP contribution >= 0.6 is 0 Å². The van der Waals surface area contributed by atoms with Crippen LogP contribution in [0.2, 0.25) is 0 Å². The van der Waals surface area contributed by atoms with Crippen molar-refractivity contribution in [3.05, 3.63) is 35.4 Å². The minimum Gasteiger partial charge on any atom is -0.460 e. The van der Waals surface area contributed by atoms with Gasteiger partial charge in [-0.2, -0.15) is 0 Å². The molecule has 0 aliphatic carbocycles. The van der Waals surface area contributed by atoms with Gasteiger partial charge in [0.1, 0.15) is 6.61 Å². The minimum atomic E-state index is -0.417. The third-order valence-corrected chi connectivity index (χ3v) is 4.76. The van der Waals surface area contributed by atoms with Crippen molar-refractivity contribution in [2.75, 3.05) is 0 Å². The zero-order valence-electron chi connectivity index (χ0n) is 16.2. The maximum absolute atomic E-state index is 12.6. The molecule has 23 heavy (non-hydrogen) atoms. The summed E-state index contributed by atoms with van der Waals surface area (Å²) in [7, 11) is 0. The zero-order chi connectivity index (χ0) is 17.8. The van der Waals surface area contributed by atoms with Crippen molar-refractivity contribution < 1.29 is 9.53 Å². The van der Waals surface area contributed by atoms with Gasteiger partial charge < -0.3 is 4.74 Å². The van der Waals surface area contributed by atoms with Gasteiger partial charge in [-0.05, 0) is 41.7 Å². The molecular weight excluding hydrogens is 284 g/mol. The summed E-state index contributed by atoms with van der Waals surface area (Å²) in [5, 5.41) is 0. The van der Waals surface area contributed by atoms with E-state index < -0.39 is 5.41 Å². The zero-order valence-corrected chi connectivity index (χ0v) is 16.2. The van der Waals surface area contributed by atoms with E-state index in [-0.39, 0.29) is 17.3 Å². The van der Waals surface area contributed by atoms with Gasteiger partial charge in [0.15, 0.2) is 0 Å². The molecule has 0 radical (unpaired) electrons. The van der Waals surface area contributed by atoms with Crippen molar-refractivity contribution in [3.63, 3.8) is 0 Å². The van der Waals surface area contributed by atoms with Gasteiger partial charge in [-0.1, -0.05) is 72.7 Å². The van der Waals surface area contributed by atoms with Gasteiger partial charge in [-0.25, -0.2) is 0 Å². The molecule has 130 valence electrons. The van der Waals surface area contributed by atoms with E-state index in [9.17, 15) is 4.79 Å². The van der Waals surface area contributed by atoms with Crippen molar-refractivity contribution in [2.24, 2.45) is 17.3 Å². The van der Waals surface area contributed by atoms with Crippen LogP contribution in [0.4, 0.5) is 0 Å². The van der Waals surface area contributed by atoms with Crippen molar-refractivity contribution in [2.45, 2.75) is 73.8 Å². The lowest BCUT2D eigenvalue weighted by Crippen LogP contribution is -2.36. The van der Waals surface area contributed by atoms with E-state index in [0.29, 0.717) is 12.5 Å². The smallest absolute Gasteiger partial charge is 0.312 e. The fourth-order valence-electron chi connectivity index (χ4n) is 2.82. The topological polar surface area (TPSA) is 26.3 Å². The Kier molecular flexibility index (Phi) is 6.44. The molecule has 0 aliphatic heterocycles. The first-order chi connectivity index (χ1) is 10.5. The molecule has 0 bridgehead atoms. The van der Waals surface area contributed by atoms with Crippen LogP contribution in [0.5, 0.6) is 0 Å². The Morgan fingerprint density at radius 2 is 1.52 bits per heavy atom. The molecule has 0 saturated carbocycles. The second-order valence-electron chi connectivity index (χ2n) is 8.69. The van der Waals surface area contributed by atoms with Gasteiger partial charge in [0.2, 0.25) is 0 Å². The second kappa shape index (κ2) is 7.51. The molecule has 1 aromatic carbocycles. The van der Waals surface area contributed by atoms with Gasteiger partial charge in [0, 0.05) is 0 Å². The van der Waals surface area contributed by atoms with E-state index in [0.717, 1.165) is 12.0 Å². The number of carbonyl (C=O) groups excluding carboxylic acids is 1. The van der Waals surface area contributed by atoms with Crippen LogP contribution in [0.1, 0.15) is 72.9 Å². The van der Waals surface area contributed by atoms with Crippen LogP contribution in [0, 0.1) is 17.3 Å². The third kappa shape index (κ3) is 5.37. The molecule has 0 aliphatic rings. The van der Waals surface area contributed by atoms with Gasteiger partial charge in [0.05, 0.1) is 5.41 Å². The van der Waals surface area contributed by atoms with Crippen LogP contribution in [0.3, 0.4) is 0 Å². The lowest BCUT2D eigenvalue weighted by atomic mass is 9.73. The maximum Gasteiger partial charge on any atom is 0.312 e. The molecule has 1 rings (SSSR count). The highest BCUT2D eigenvalue weighted by atomic mass is 16.5. The van der Waals surface area contributed by atoms with Crippen LogP contribution < -0.4 is 0 Å². The molecule has 0 amide bonds. The van der Waals surface area contributed by atoms with Gasteiger partial charge >= 0.3 is 5.97 Å². The average molecular weight is 319 g/mol. The largest absolute Gasteiger partial charge is 0.460 e. The fourth-order valence-corrected chi connectivity index (χ4v) is 2.82. The van der Waals surface area contributed by atoms with E-state index in [1.165, 1.54) is 5.56 Å². The van der Waals surface area contributed by atoms with E-state index in [1.54, 1.807) is 0 Å². The second-order valence-corrected chi connectivity index (χ2v) is 8.69. The van der Waals surface area contributed by atoms with Crippen LogP contribution in [0.25, 0.3) is 0 Å². The first-order valence-corrected chi connectivity index (χ1v) is 8.73. The molecule has 1 aromatic rings. The predicted octanol–water partition coefficient (Wildman–Crippen LogP) is 5.74. The lowest BCUT2D eigenvalue weighted by molar-refractivity contribution is -0.160. The Morgan fingerprint density at radius 1 is 1.00 bits per heavy atom. The fraction of sp³-hybridized carbons (Fsp3) is 0.667. The number of ether oxygens (including phenoxy) is 1. The van der Waals surface area contributed by atoms with E-state index in [1.807, 2.05) is 6.92 Å². The summed E-state index contributed by atoms with van der Waals surface area (Å²) in [4.78, 5) is 12.6. The molecule has 0 spiro atoms. The first kappa shape index (κ1) is 19.7. The molecule has 1 atom stereocenters. The van der Waals surface area contributed by atoms with Gasteiger partial charge in [-0.15, -0.1) is 0 Å². The van der Waals surface area contributed by atoms with E-state index >= 15 is 0 Å². The summed E-state index contributed by atoms with van der Waals surface area (Å²) in [5.74, 6) is 0.655. The van der Waals surface area contributed by atoms with Crippen molar-refractivity contribution in [1.82, 2.24) is 0 Å². The minimum absolute atomic E-state index is 0.0823. The highest BCUT2D eigenvalue weighted by Gasteiger charge is 2.38. The summed E-state index contributed by atoms with van der Waals surface area (Å²) in [6, 6.07) is 8.36. The number of hydrogen-bond acceptors (Lipinski definition) is 2. The van der Waals surface area contributed by atoms with Crippen LogP contribution in [-0.2, 0) is 21.6 Å². The lowest BCUT2D eigenvalue weighted by Gasteiger charge is -2.32. The number of hydrogen-bond donors (Lipinski definition) is 0. The van der Waals surface area contributed by atoms with Crippen LogP contribution in [0.15, 0.2) is 24.3 Å². The molecule has 0 saturated heterocycles. The number of rotatable bonds is 6. The molecule has 1 unspecified atom stereocenters. The molecule has 0 N–H and O–H groups in total. The summed E-state index contributed by atoms with van der Waals surface area (Å²) in [5.41, 5.74) is 2.06. The van der Waals surface area contributed by atoms with E-state index in [4.69, 9.17) is 4.74 Å². The quantitative estimate of drug-likeness (QED) is 0.626. The molecule has 0 aromatic heterocycles. The normalized spacial score (nSPS) is 14.9. The Labute approximate surface area is 142 Å². The molecule has 2 nitrogen and oxygen atoms in total. The Morgan fingerprint density at radius 3 is 1.91 bits per heavy atom. The highest BCUT2D eigenvalue weighted by molar-refractivity contribution is 5.76. The standard InChI is InChI=1S/C21H34O2/c1-15(2)13-21(8,16(3)4)19(22)23-14-17-9-11-18(12-10-17)20(5,6)7/h9-12,15-16H,13-14H2,1-8H3. The van der Waals surface area contributed by atoms with E-state index in [2.05, 4.69) is 72.7 Å². The van der Waals surface area contributed by atoms with Crippen molar-refractivity contribution in [3.8, 4) is 0 Å². The summed E-state index contributed by atoms with van der Waals surface area (Å²) >= 11 is 0. The summed E-state index contributed by atoms with van der Waals surface area (Å²) in [6.07, 6.45) is 0.854. The number of benzene rings is 1. The summed E-state index contributed by atoms with van der Waals surface area (Å²) in [6.45, 7) is 17.5.